The van der Waals surface area contributed by atoms with E-state index in [1.807, 2.05) is 35.0 Å². The Balaban J connectivity index is 1.79. The molecule has 0 bridgehead atoms. The minimum atomic E-state index is -0.0845. The van der Waals surface area contributed by atoms with Gasteiger partial charge in [0.15, 0.2) is 0 Å². The third-order valence-electron chi connectivity index (χ3n) is 4.16. The van der Waals surface area contributed by atoms with Crippen molar-refractivity contribution in [1.29, 1.82) is 0 Å². The Labute approximate surface area is 145 Å². The Hall–Kier alpha value is -3.40. The molecule has 0 saturated heterocycles. The highest BCUT2D eigenvalue weighted by molar-refractivity contribution is 5.86. The molecule has 4 rings (SSSR count). The van der Waals surface area contributed by atoms with Gasteiger partial charge in [0, 0.05) is 30.2 Å². The van der Waals surface area contributed by atoms with Gasteiger partial charge in [-0.1, -0.05) is 36.4 Å². The lowest BCUT2D eigenvalue weighted by Crippen LogP contribution is -2.02. The highest BCUT2D eigenvalue weighted by atomic mass is 16.1. The Morgan fingerprint density at radius 3 is 2.76 bits per heavy atom. The first kappa shape index (κ1) is 15.1. The van der Waals surface area contributed by atoms with Gasteiger partial charge in [0.05, 0.1) is 6.33 Å². The number of rotatable bonds is 4. The quantitative estimate of drug-likeness (QED) is 0.617. The second-order valence-electron chi connectivity index (χ2n) is 5.95. The minimum Gasteiger partial charge on any atom is -0.322 e. The van der Waals surface area contributed by atoms with Crippen LogP contribution in [0.15, 0.2) is 84.2 Å². The van der Waals surface area contributed by atoms with Crippen LogP contribution >= 0.6 is 0 Å². The highest BCUT2D eigenvalue weighted by Crippen LogP contribution is 2.24. The standard InChI is InChI=1S/C21H17N3O/c25-21-9-7-18-13-17(6-8-20(18)23-21)19(14-24-11-10-22-15-24)12-16-4-2-1-3-5-16/h1-11,13-15H,12H2,(H,23,25). The summed E-state index contributed by atoms with van der Waals surface area (Å²) < 4.78 is 1.95. The van der Waals surface area contributed by atoms with E-state index in [2.05, 4.69) is 46.5 Å². The van der Waals surface area contributed by atoms with Crippen LogP contribution in [0.1, 0.15) is 11.1 Å². The van der Waals surface area contributed by atoms with E-state index in [9.17, 15) is 4.79 Å². The zero-order valence-electron chi connectivity index (χ0n) is 13.6. The van der Waals surface area contributed by atoms with Crippen LogP contribution in [0.4, 0.5) is 0 Å². The summed E-state index contributed by atoms with van der Waals surface area (Å²) in [6.07, 6.45) is 8.37. The van der Waals surface area contributed by atoms with Crippen LogP contribution in [0.2, 0.25) is 0 Å². The minimum absolute atomic E-state index is 0.0845. The normalized spacial score (nSPS) is 11.8. The Kier molecular flexibility index (Phi) is 4.01. The molecule has 0 unspecified atom stereocenters. The van der Waals surface area contributed by atoms with Crippen LogP contribution in [0.25, 0.3) is 22.7 Å². The first-order valence-corrected chi connectivity index (χ1v) is 8.13. The molecule has 0 aliphatic carbocycles. The molecule has 4 aromatic rings. The van der Waals surface area contributed by atoms with Crippen LogP contribution in [-0.2, 0) is 6.42 Å². The predicted octanol–water partition coefficient (Wildman–Crippen LogP) is 3.97. The maximum absolute atomic E-state index is 11.5. The van der Waals surface area contributed by atoms with E-state index in [0.29, 0.717) is 0 Å². The number of hydrogen-bond acceptors (Lipinski definition) is 2. The van der Waals surface area contributed by atoms with E-state index < -0.39 is 0 Å². The van der Waals surface area contributed by atoms with E-state index in [4.69, 9.17) is 0 Å². The van der Waals surface area contributed by atoms with Gasteiger partial charge in [-0.2, -0.15) is 0 Å². The third-order valence-corrected chi connectivity index (χ3v) is 4.16. The molecule has 0 spiro atoms. The molecule has 0 saturated carbocycles. The van der Waals surface area contributed by atoms with Crippen molar-refractivity contribution in [2.75, 3.05) is 0 Å². The van der Waals surface area contributed by atoms with Gasteiger partial charge in [-0.25, -0.2) is 4.98 Å². The van der Waals surface area contributed by atoms with Crippen molar-refractivity contribution in [2.45, 2.75) is 6.42 Å². The predicted molar refractivity (Wildman–Crippen MR) is 101 cm³/mol. The monoisotopic (exact) mass is 327 g/mol. The second-order valence-corrected chi connectivity index (χ2v) is 5.95. The van der Waals surface area contributed by atoms with Gasteiger partial charge in [0.25, 0.3) is 0 Å². The zero-order chi connectivity index (χ0) is 17.1. The van der Waals surface area contributed by atoms with Gasteiger partial charge in [0.1, 0.15) is 0 Å². The van der Waals surface area contributed by atoms with Crippen LogP contribution in [-0.4, -0.2) is 14.5 Å². The van der Waals surface area contributed by atoms with Gasteiger partial charge >= 0.3 is 0 Å². The summed E-state index contributed by atoms with van der Waals surface area (Å²) in [6, 6.07) is 19.9. The number of H-pyrrole nitrogens is 1. The van der Waals surface area contributed by atoms with E-state index in [1.165, 1.54) is 11.1 Å². The number of fused-ring (bicyclic) bond motifs is 1. The first-order valence-electron chi connectivity index (χ1n) is 8.13. The van der Waals surface area contributed by atoms with E-state index in [1.54, 1.807) is 18.6 Å². The molecule has 0 radical (unpaired) electrons. The number of imidazole rings is 1. The average Bonchev–Trinajstić information content (AvgIpc) is 3.15. The zero-order valence-corrected chi connectivity index (χ0v) is 13.6. The molecule has 0 aliphatic heterocycles. The van der Waals surface area contributed by atoms with Crippen molar-refractivity contribution in [1.82, 2.24) is 14.5 Å². The number of aromatic amines is 1. The Bertz CT molecular complexity index is 1080. The maximum atomic E-state index is 11.5. The molecule has 0 atom stereocenters. The fourth-order valence-electron chi connectivity index (χ4n) is 2.92. The Morgan fingerprint density at radius 2 is 1.96 bits per heavy atom. The van der Waals surface area contributed by atoms with E-state index >= 15 is 0 Å². The largest absolute Gasteiger partial charge is 0.322 e. The van der Waals surface area contributed by atoms with Gasteiger partial charge < -0.3 is 9.55 Å². The molecule has 2 heterocycles. The van der Waals surface area contributed by atoms with E-state index in [0.717, 1.165) is 22.9 Å². The molecular formula is C21H17N3O. The third kappa shape index (κ3) is 3.43. The van der Waals surface area contributed by atoms with Crippen LogP contribution in [0, 0.1) is 0 Å². The summed E-state index contributed by atoms with van der Waals surface area (Å²) in [4.78, 5) is 18.5. The lowest BCUT2D eigenvalue weighted by molar-refractivity contribution is 1.13. The van der Waals surface area contributed by atoms with Gasteiger partial charge in [-0.3, -0.25) is 4.79 Å². The van der Waals surface area contributed by atoms with Crippen molar-refractivity contribution in [3.05, 3.63) is 101 Å². The first-order chi connectivity index (χ1) is 12.3. The molecule has 2 aromatic heterocycles. The molecule has 2 aromatic carbocycles. The second kappa shape index (κ2) is 6.61. The topological polar surface area (TPSA) is 50.7 Å². The molecule has 4 nitrogen and oxygen atoms in total. The summed E-state index contributed by atoms with van der Waals surface area (Å²) in [5, 5.41) is 1.02. The lowest BCUT2D eigenvalue weighted by atomic mass is 9.97. The fourth-order valence-corrected chi connectivity index (χ4v) is 2.92. The smallest absolute Gasteiger partial charge is 0.248 e. The van der Waals surface area contributed by atoms with Crippen molar-refractivity contribution < 1.29 is 0 Å². The highest BCUT2D eigenvalue weighted by Gasteiger charge is 2.06. The molecule has 4 heteroatoms. The number of nitrogens with one attached hydrogen (secondary N) is 1. The van der Waals surface area contributed by atoms with Crippen molar-refractivity contribution in [3.8, 4) is 0 Å². The molecule has 0 fully saturated rings. The van der Waals surface area contributed by atoms with Crippen molar-refractivity contribution >= 4 is 22.7 Å². The molecular weight excluding hydrogens is 310 g/mol. The number of benzene rings is 2. The molecule has 122 valence electrons. The number of allylic oxidation sites excluding steroid dienone is 1. The summed E-state index contributed by atoms with van der Waals surface area (Å²) in [5.41, 5.74) is 4.31. The average molecular weight is 327 g/mol. The maximum Gasteiger partial charge on any atom is 0.248 e. The summed E-state index contributed by atoms with van der Waals surface area (Å²) >= 11 is 0. The van der Waals surface area contributed by atoms with Crippen molar-refractivity contribution in [2.24, 2.45) is 0 Å². The number of pyridine rings is 1. The fraction of sp³-hybridized carbons (Fsp3) is 0.0476. The van der Waals surface area contributed by atoms with Crippen LogP contribution in [0.5, 0.6) is 0 Å². The Morgan fingerprint density at radius 1 is 1.08 bits per heavy atom. The van der Waals surface area contributed by atoms with Gasteiger partial charge in [-0.05, 0) is 46.7 Å². The van der Waals surface area contributed by atoms with Crippen molar-refractivity contribution in [3.63, 3.8) is 0 Å². The summed E-state index contributed by atoms with van der Waals surface area (Å²) in [5.74, 6) is 0. The number of hydrogen-bond donors (Lipinski definition) is 1. The van der Waals surface area contributed by atoms with Crippen LogP contribution in [0.3, 0.4) is 0 Å². The van der Waals surface area contributed by atoms with E-state index in [-0.39, 0.29) is 5.56 Å². The van der Waals surface area contributed by atoms with Crippen LogP contribution < -0.4 is 5.56 Å². The van der Waals surface area contributed by atoms with Gasteiger partial charge in [-0.15, -0.1) is 0 Å². The summed E-state index contributed by atoms with van der Waals surface area (Å²) in [6.45, 7) is 0. The van der Waals surface area contributed by atoms with Gasteiger partial charge in [0.2, 0.25) is 5.56 Å². The number of nitrogens with zero attached hydrogens (tertiary/aromatic N) is 2. The number of aromatic nitrogens is 3. The lowest BCUT2D eigenvalue weighted by Gasteiger charge is -2.10. The summed E-state index contributed by atoms with van der Waals surface area (Å²) in [7, 11) is 0. The molecule has 25 heavy (non-hydrogen) atoms. The molecule has 0 amide bonds. The molecule has 1 N–H and O–H groups in total. The SMILES string of the molecule is O=c1ccc2cc(C(=Cn3ccnc3)Cc3ccccc3)ccc2[nH]1. The molecule has 0 aliphatic rings.